The fraction of sp³-hybridized carbons (Fsp3) is 0.429. The molecule has 3 rings (SSSR count). The van der Waals surface area contributed by atoms with Gasteiger partial charge in [0.2, 0.25) is 21.8 Å². The largest absolute Gasteiger partial charge is 0.441 e. The van der Waals surface area contributed by atoms with E-state index in [1.807, 2.05) is 6.08 Å². The van der Waals surface area contributed by atoms with E-state index in [1.165, 1.54) is 0 Å². The maximum atomic E-state index is 12.3. The van der Waals surface area contributed by atoms with E-state index in [4.69, 9.17) is 4.42 Å². The third-order valence-electron chi connectivity index (χ3n) is 4.95. The molecule has 7 nitrogen and oxygen atoms in total. The molecule has 2 N–H and O–H groups in total. The number of allylic oxidation sites excluding steroid dienone is 2. The zero-order chi connectivity index (χ0) is 21.0. The van der Waals surface area contributed by atoms with Crippen LogP contribution in [0.5, 0.6) is 0 Å². The molecule has 0 radical (unpaired) electrons. The topological polar surface area (TPSA) is 101 Å². The van der Waals surface area contributed by atoms with Gasteiger partial charge in [0.25, 0.3) is 0 Å². The van der Waals surface area contributed by atoms with E-state index in [1.54, 1.807) is 45.0 Å². The van der Waals surface area contributed by atoms with Crippen molar-refractivity contribution < 1.29 is 17.6 Å². The lowest BCUT2D eigenvalue weighted by molar-refractivity contribution is -0.125. The standard InChI is InChI=1S/C21H27N3O4S/c1-14(2)29(26,27)24-18-11-7-10-17(12-18)21-23-19(15(3)28-21)13-22-20(25)16-8-5-4-6-9-16/h4-5,7,10-12,14,16,24H,6,8-9,13H2,1-3H3,(H,22,25)/t16-/m0/s1. The predicted octanol–water partition coefficient (Wildman–Crippen LogP) is 3.77. The number of sulfonamides is 1. The van der Waals surface area contributed by atoms with Crippen molar-refractivity contribution in [3.63, 3.8) is 0 Å². The minimum Gasteiger partial charge on any atom is -0.441 e. The van der Waals surface area contributed by atoms with Crippen LogP contribution in [0, 0.1) is 12.8 Å². The van der Waals surface area contributed by atoms with Crippen LogP contribution in [0.3, 0.4) is 0 Å². The lowest BCUT2D eigenvalue weighted by Gasteiger charge is -2.16. The molecule has 0 saturated heterocycles. The van der Waals surface area contributed by atoms with Crippen LogP contribution in [-0.2, 0) is 21.4 Å². The number of carbonyl (C=O) groups excluding carboxylic acids is 1. The third kappa shape index (κ3) is 5.26. The number of amides is 1. The Balaban J connectivity index is 1.70. The van der Waals surface area contributed by atoms with E-state index in [0.29, 0.717) is 35.1 Å². The van der Waals surface area contributed by atoms with Crippen LogP contribution >= 0.6 is 0 Å². The number of hydrogen-bond donors (Lipinski definition) is 2. The minimum absolute atomic E-state index is 0.0114. The average molecular weight is 418 g/mol. The van der Waals surface area contributed by atoms with E-state index < -0.39 is 15.3 Å². The van der Waals surface area contributed by atoms with Crippen LogP contribution < -0.4 is 10.0 Å². The zero-order valence-electron chi connectivity index (χ0n) is 16.9. The van der Waals surface area contributed by atoms with Gasteiger partial charge in [0, 0.05) is 17.2 Å². The first kappa shape index (κ1) is 21.1. The number of nitrogens with one attached hydrogen (secondary N) is 2. The van der Waals surface area contributed by atoms with E-state index in [2.05, 4.69) is 21.1 Å². The number of rotatable bonds is 7. The molecule has 0 unspecified atom stereocenters. The predicted molar refractivity (Wildman–Crippen MR) is 113 cm³/mol. The smallest absolute Gasteiger partial charge is 0.235 e. The highest BCUT2D eigenvalue weighted by molar-refractivity contribution is 7.93. The molecular weight excluding hydrogens is 390 g/mol. The Morgan fingerprint density at radius 3 is 2.79 bits per heavy atom. The van der Waals surface area contributed by atoms with Crippen LogP contribution in [0.15, 0.2) is 40.8 Å². The van der Waals surface area contributed by atoms with Crippen molar-refractivity contribution in [3.05, 3.63) is 47.9 Å². The van der Waals surface area contributed by atoms with Gasteiger partial charge in [-0.15, -0.1) is 0 Å². The molecule has 8 heteroatoms. The molecule has 29 heavy (non-hydrogen) atoms. The van der Waals surface area contributed by atoms with Gasteiger partial charge in [-0.05, 0) is 58.2 Å². The molecule has 1 amide bonds. The summed E-state index contributed by atoms with van der Waals surface area (Å²) in [7, 11) is -3.44. The second-order valence-electron chi connectivity index (χ2n) is 7.50. The molecule has 0 saturated carbocycles. The number of oxazole rings is 1. The van der Waals surface area contributed by atoms with Crippen LogP contribution in [-0.4, -0.2) is 24.6 Å². The first-order valence-corrected chi connectivity index (χ1v) is 11.3. The summed E-state index contributed by atoms with van der Waals surface area (Å²) >= 11 is 0. The number of aryl methyl sites for hydroxylation is 1. The average Bonchev–Trinajstić information content (AvgIpc) is 3.07. The molecule has 1 atom stereocenters. The van der Waals surface area contributed by atoms with E-state index in [9.17, 15) is 13.2 Å². The molecule has 1 heterocycles. The quantitative estimate of drug-likeness (QED) is 0.668. The van der Waals surface area contributed by atoms with Crippen molar-refractivity contribution in [1.82, 2.24) is 10.3 Å². The van der Waals surface area contributed by atoms with E-state index in [0.717, 1.165) is 19.3 Å². The Labute approximate surface area is 171 Å². The molecule has 0 fully saturated rings. The molecule has 1 aliphatic carbocycles. The van der Waals surface area contributed by atoms with Gasteiger partial charge >= 0.3 is 0 Å². The number of carbonyl (C=O) groups is 1. The molecular formula is C21H27N3O4S. The molecule has 0 bridgehead atoms. The highest BCUT2D eigenvalue weighted by Gasteiger charge is 2.20. The van der Waals surface area contributed by atoms with Gasteiger partial charge in [0.05, 0.1) is 11.8 Å². The Bertz CT molecular complexity index is 1010. The summed E-state index contributed by atoms with van der Waals surface area (Å²) in [6.07, 6.45) is 6.72. The van der Waals surface area contributed by atoms with E-state index in [-0.39, 0.29) is 11.8 Å². The number of anilines is 1. The highest BCUT2D eigenvalue weighted by Crippen LogP contribution is 2.25. The summed E-state index contributed by atoms with van der Waals surface area (Å²) in [6, 6.07) is 6.90. The SMILES string of the molecule is Cc1oc(-c2cccc(NS(=O)(=O)C(C)C)c2)nc1CNC(=O)[C@H]1CC=CCC1. The first-order valence-electron chi connectivity index (χ1n) is 9.77. The van der Waals surface area contributed by atoms with Gasteiger partial charge in [-0.25, -0.2) is 13.4 Å². The van der Waals surface area contributed by atoms with Gasteiger partial charge in [0.15, 0.2) is 0 Å². The summed E-state index contributed by atoms with van der Waals surface area (Å²) in [5, 5.41) is 2.41. The molecule has 0 aliphatic heterocycles. The first-order chi connectivity index (χ1) is 13.8. The highest BCUT2D eigenvalue weighted by atomic mass is 32.2. The monoisotopic (exact) mass is 417 g/mol. The normalized spacial score (nSPS) is 16.8. The summed E-state index contributed by atoms with van der Waals surface area (Å²) in [4.78, 5) is 16.8. The van der Waals surface area contributed by atoms with Gasteiger partial charge in [0.1, 0.15) is 11.5 Å². The summed E-state index contributed by atoms with van der Waals surface area (Å²) < 4.78 is 32.5. The van der Waals surface area contributed by atoms with Crippen LogP contribution in [0.4, 0.5) is 5.69 Å². The van der Waals surface area contributed by atoms with Crippen molar-refractivity contribution in [2.75, 3.05) is 4.72 Å². The summed E-state index contributed by atoms with van der Waals surface area (Å²) in [5.41, 5.74) is 1.77. The Morgan fingerprint density at radius 1 is 1.31 bits per heavy atom. The fourth-order valence-electron chi connectivity index (χ4n) is 3.06. The number of aromatic nitrogens is 1. The van der Waals surface area contributed by atoms with E-state index >= 15 is 0 Å². The second kappa shape index (κ2) is 8.82. The lowest BCUT2D eigenvalue weighted by Crippen LogP contribution is -2.31. The minimum atomic E-state index is -3.44. The zero-order valence-corrected chi connectivity index (χ0v) is 17.8. The molecule has 0 spiro atoms. The Morgan fingerprint density at radius 2 is 2.10 bits per heavy atom. The third-order valence-corrected chi connectivity index (χ3v) is 6.71. The second-order valence-corrected chi connectivity index (χ2v) is 9.73. The molecule has 2 aromatic rings. The van der Waals surface area contributed by atoms with Crippen LogP contribution in [0.2, 0.25) is 0 Å². The Kier molecular flexibility index (Phi) is 6.42. The Hall–Kier alpha value is -2.61. The maximum absolute atomic E-state index is 12.3. The number of nitrogens with zero attached hydrogens (tertiary/aromatic N) is 1. The lowest BCUT2D eigenvalue weighted by atomic mass is 9.94. The molecule has 1 aliphatic rings. The maximum Gasteiger partial charge on any atom is 0.235 e. The molecule has 1 aromatic heterocycles. The molecule has 156 valence electrons. The van der Waals surface area contributed by atoms with Crippen molar-refractivity contribution in [3.8, 4) is 11.5 Å². The summed E-state index contributed by atoms with van der Waals surface area (Å²) in [6.45, 7) is 5.34. The van der Waals surface area contributed by atoms with Crippen molar-refractivity contribution in [2.45, 2.75) is 51.8 Å². The van der Waals surface area contributed by atoms with Crippen molar-refractivity contribution in [2.24, 2.45) is 5.92 Å². The van der Waals surface area contributed by atoms with Gasteiger partial charge < -0.3 is 9.73 Å². The fourth-order valence-corrected chi connectivity index (χ4v) is 3.75. The number of hydrogen-bond acceptors (Lipinski definition) is 5. The van der Waals surface area contributed by atoms with Gasteiger partial charge in [-0.1, -0.05) is 18.2 Å². The van der Waals surface area contributed by atoms with Crippen molar-refractivity contribution >= 4 is 21.6 Å². The van der Waals surface area contributed by atoms with Gasteiger partial charge in [-0.2, -0.15) is 0 Å². The van der Waals surface area contributed by atoms with Crippen molar-refractivity contribution in [1.29, 1.82) is 0 Å². The van der Waals surface area contributed by atoms with Crippen LogP contribution in [0.1, 0.15) is 44.6 Å². The summed E-state index contributed by atoms with van der Waals surface area (Å²) in [5.74, 6) is 1.05. The van der Waals surface area contributed by atoms with Crippen LogP contribution in [0.25, 0.3) is 11.5 Å². The molecule has 1 aromatic carbocycles. The van der Waals surface area contributed by atoms with Gasteiger partial charge in [-0.3, -0.25) is 9.52 Å². The number of benzene rings is 1.